The molecule has 0 atom stereocenters. The monoisotopic (exact) mass is 238 g/mol. The van der Waals surface area contributed by atoms with E-state index in [4.69, 9.17) is 0 Å². The minimum absolute atomic E-state index is 0.0381. The summed E-state index contributed by atoms with van der Waals surface area (Å²) in [5.74, 6) is -0.208. The van der Waals surface area contributed by atoms with Crippen molar-refractivity contribution in [1.29, 1.82) is 0 Å². The smallest absolute Gasteiger partial charge is 0.220 e. The van der Waals surface area contributed by atoms with Crippen molar-refractivity contribution in [3.63, 3.8) is 0 Å². The van der Waals surface area contributed by atoms with Crippen LogP contribution < -0.4 is 5.32 Å². The van der Waals surface area contributed by atoms with Crippen molar-refractivity contribution >= 4 is 5.91 Å². The zero-order valence-electron chi connectivity index (χ0n) is 10.4. The summed E-state index contributed by atoms with van der Waals surface area (Å²) in [5.41, 5.74) is 0.981. The predicted octanol–water partition coefficient (Wildman–Crippen LogP) is 1.44. The fourth-order valence-electron chi connectivity index (χ4n) is 1.42. The summed E-state index contributed by atoms with van der Waals surface area (Å²) in [6, 6.07) is 6.25. The van der Waals surface area contributed by atoms with E-state index in [0.717, 1.165) is 12.1 Å². The van der Waals surface area contributed by atoms with Crippen LogP contribution in [0.2, 0.25) is 0 Å². The Kier molecular flexibility index (Phi) is 5.63. The number of hydrogen-bond donors (Lipinski definition) is 1. The molecule has 0 heterocycles. The number of halogens is 1. The predicted molar refractivity (Wildman–Crippen MR) is 66.3 cm³/mol. The number of amides is 1. The first kappa shape index (κ1) is 13.6. The summed E-state index contributed by atoms with van der Waals surface area (Å²) in [4.78, 5) is 13.5. The zero-order valence-corrected chi connectivity index (χ0v) is 10.4. The van der Waals surface area contributed by atoms with E-state index in [0.29, 0.717) is 19.4 Å². The highest BCUT2D eigenvalue weighted by Gasteiger charge is 2.02. The van der Waals surface area contributed by atoms with Crippen LogP contribution >= 0.6 is 0 Å². The number of benzene rings is 1. The van der Waals surface area contributed by atoms with Crippen LogP contribution in [0.4, 0.5) is 4.39 Å². The number of nitrogens with one attached hydrogen (secondary N) is 1. The molecule has 0 saturated heterocycles. The molecule has 1 N–H and O–H groups in total. The van der Waals surface area contributed by atoms with Crippen molar-refractivity contribution in [1.82, 2.24) is 10.2 Å². The SMILES string of the molecule is CN(C)CCNC(=O)CCc1ccc(F)cc1. The number of carbonyl (C=O) groups is 1. The molecule has 0 aliphatic rings. The maximum atomic E-state index is 12.6. The Hall–Kier alpha value is -1.42. The third-order valence-corrected chi connectivity index (χ3v) is 2.44. The first-order chi connectivity index (χ1) is 8.08. The summed E-state index contributed by atoms with van der Waals surface area (Å²) < 4.78 is 12.6. The fourth-order valence-corrected chi connectivity index (χ4v) is 1.42. The first-order valence-corrected chi connectivity index (χ1v) is 5.74. The van der Waals surface area contributed by atoms with Crippen molar-refractivity contribution in [3.8, 4) is 0 Å². The highest BCUT2D eigenvalue weighted by atomic mass is 19.1. The number of likely N-dealkylation sites (N-methyl/N-ethyl adjacent to an activating group) is 1. The van der Waals surface area contributed by atoms with Gasteiger partial charge >= 0.3 is 0 Å². The van der Waals surface area contributed by atoms with Gasteiger partial charge in [-0.2, -0.15) is 0 Å². The van der Waals surface area contributed by atoms with Crippen LogP contribution in [0.5, 0.6) is 0 Å². The molecule has 0 aliphatic heterocycles. The summed E-state index contributed by atoms with van der Waals surface area (Å²) in [7, 11) is 3.93. The Balaban J connectivity index is 2.21. The maximum Gasteiger partial charge on any atom is 0.220 e. The van der Waals surface area contributed by atoms with Gasteiger partial charge in [0.05, 0.1) is 0 Å². The first-order valence-electron chi connectivity index (χ1n) is 5.74. The van der Waals surface area contributed by atoms with Gasteiger partial charge < -0.3 is 10.2 Å². The molecule has 0 aromatic heterocycles. The van der Waals surface area contributed by atoms with Crippen LogP contribution in [-0.2, 0) is 11.2 Å². The highest BCUT2D eigenvalue weighted by molar-refractivity contribution is 5.76. The lowest BCUT2D eigenvalue weighted by Crippen LogP contribution is -2.31. The van der Waals surface area contributed by atoms with Crippen molar-refractivity contribution in [3.05, 3.63) is 35.6 Å². The minimum atomic E-state index is -0.246. The molecule has 4 heteroatoms. The van der Waals surface area contributed by atoms with Crippen LogP contribution in [0.25, 0.3) is 0 Å². The maximum absolute atomic E-state index is 12.6. The second-order valence-electron chi connectivity index (χ2n) is 4.28. The van der Waals surface area contributed by atoms with Gasteiger partial charge in [-0.05, 0) is 38.2 Å². The van der Waals surface area contributed by atoms with E-state index >= 15 is 0 Å². The lowest BCUT2D eigenvalue weighted by Gasteiger charge is -2.10. The van der Waals surface area contributed by atoms with Gasteiger partial charge in [0.15, 0.2) is 0 Å². The Labute approximate surface area is 102 Å². The molecule has 3 nitrogen and oxygen atoms in total. The Morgan fingerprint density at radius 2 is 1.94 bits per heavy atom. The van der Waals surface area contributed by atoms with E-state index in [1.165, 1.54) is 12.1 Å². The number of nitrogens with zero attached hydrogens (tertiary/aromatic N) is 1. The average molecular weight is 238 g/mol. The summed E-state index contributed by atoms with van der Waals surface area (Å²) in [6.45, 7) is 1.50. The molecule has 0 radical (unpaired) electrons. The van der Waals surface area contributed by atoms with Gasteiger partial charge in [0, 0.05) is 19.5 Å². The quantitative estimate of drug-likeness (QED) is 0.813. The van der Waals surface area contributed by atoms with Crippen LogP contribution in [0, 0.1) is 5.82 Å². The molecule has 0 spiro atoms. The van der Waals surface area contributed by atoms with Crippen molar-refractivity contribution in [2.24, 2.45) is 0 Å². The standard InChI is InChI=1S/C13H19FN2O/c1-16(2)10-9-15-13(17)8-5-11-3-6-12(14)7-4-11/h3-4,6-7H,5,8-10H2,1-2H3,(H,15,17). The van der Waals surface area contributed by atoms with Crippen LogP contribution in [0.15, 0.2) is 24.3 Å². The van der Waals surface area contributed by atoms with Crippen molar-refractivity contribution < 1.29 is 9.18 Å². The second-order valence-corrected chi connectivity index (χ2v) is 4.28. The van der Waals surface area contributed by atoms with Gasteiger partial charge in [-0.25, -0.2) is 4.39 Å². The lowest BCUT2D eigenvalue weighted by atomic mass is 10.1. The average Bonchev–Trinajstić information content (AvgIpc) is 2.28. The zero-order chi connectivity index (χ0) is 12.7. The van der Waals surface area contributed by atoms with E-state index < -0.39 is 0 Å². The number of carbonyl (C=O) groups excluding carboxylic acids is 1. The Morgan fingerprint density at radius 3 is 2.53 bits per heavy atom. The number of hydrogen-bond acceptors (Lipinski definition) is 2. The molecule has 0 fully saturated rings. The van der Waals surface area contributed by atoms with E-state index in [2.05, 4.69) is 5.32 Å². The summed E-state index contributed by atoms with van der Waals surface area (Å²) >= 11 is 0. The van der Waals surface area contributed by atoms with Crippen LogP contribution in [0.3, 0.4) is 0 Å². The molecule has 1 aromatic carbocycles. The molecular formula is C13H19FN2O. The van der Waals surface area contributed by atoms with Gasteiger partial charge in [-0.15, -0.1) is 0 Å². The molecule has 0 aliphatic carbocycles. The molecule has 0 unspecified atom stereocenters. The second kappa shape index (κ2) is 7.01. The van der Waals surface area contributed by atoms with E-state index in [-0.39, 0.29) is 11.7 Å². The molecule has 1 aromatic rings. The molecule has 94 valence electrons. The normalized spacial score (nSPS) is 10.6. The molecule has 17 heavy (non-hydrogen) atoms. The third kappa shape index (κ3) is 6.02. The van der Waals surface area contributed by atoms with Crippen molar-refractivity contribution in [2.75, 3.05) is 27.2 Å². The minimum Gasteiger partial charge on any atom is -0.355 e. The molecule has 1 rings (SSSR count). The number of aryl methyl sites for hydroxylation is 1. The highest BCUT2D eigenvalue weighted by Crippen LogP contribution is 2.05. The van der Waals surface area contributed by atoms with Crippen molar-refractivity contribution in [2.45, 2.75) is 12.8 Å². The topological polar surface area (TPSA) is 32.3 Å². The van der Waals surface area contributed by atoms with Crippen LogP contribution in [-0.4, -0.2) is 38.0 Å². The summed E-state index contributed by atoms with van der Waals surface area (Å²) in [5, 5.41) is 2.84. The summed E-state index contributed by atoms with van der Waals surface area (Å²) in [6.07, 6.45) is 1.09. The van der Waals surface area contributed by atoms with E-state index in [9.17, 15) is 9.18 Å². The van der Waals surface area contributed by atoms with Gasteiger partial charge in [0.2, 0.25) is 5.91 Å². The molecule has 0 bridgehead atoms. The Bertz CT molecular complexity index is 349. The van der Waals surface area contributed by atoms with Crippen LogP contribution in [0.1, 0.15) is 12.0 Å². The Morgan fingerprint density at radius 1 is 1.29 bits per heavy atom. The van der Waals surface area contributed by atoms with Gasteiger partial charge in [0.25, 0.3) is 0 Å². The third-order valence-electron chi connectivity index (χ3n) is 2.44. The molecular weight excluding hydrogens is 219 g/mol. The van der Waals surface area contributed by atoms with Gasteiger partial charge in [0.1, 0.15) is 5.82 Å². The van der Waals surface area contributed by atoms with Gasteiger partial charge in [-0.1, -0.05) is 12.1 Å². The largest absolute Gasteiger partial charge is 0.355 e. The van der Waals surface area contributed by atoms with Gasteiger partial charge in [-0.3, -0.25) is 4.79 Å². The fraction of sp³-hybridized carbons (Fsp3) is 0.462. The lowest BCUT2D eigenvalue weighted by molar-refractivity contribution is -0.121. The van der Waals surface area contributed by atoms with E-state index in [1.807, 2.05) is 19.0 Å². The molecule has 0 saturated carbocycles. The molecule has 1 amide bonds. The number of rotatable bonds is 6. The van der Waals surface area contributed by atoms with E-state index in [1.54, 1.807) is 12.1 Å².